The molecule has 1 aromatic carbocycles. The molecule has 0 spiro atoms. The smallest absolute Gasteiger partial charge is 0.192 e. The predicted molar refractivity (Wildman–Crippen MR) is 76.9 cm³/mol. The molecular formula is C14H21N2OSi. The van der Waals surface area contributed by atoms with E-state index in [-0.39, 0.29) is 5.04 Å². The van der Waals surface area contributed by atoms with E-state index >= 15 is 0 Å². The van der Waals surface area contributed by atoms with Crippen LogP contribution in [-0.2, 0) is 11.0 Å². The SMILES string of the molecule is CC(C)(C)[Si](C)(C)OCc1nc2[c]cccc2[nH]1. The van der Waals surface area contributed by atoms with Crippen molar-refractivity contribution in [1.82, 2.24) is 9.97 Å². The average Bonchev–Trinajstić information content (AvgIpc) is 2.67. The fourth-order valence-electron chi connectivity index (χ4n) is 1.47. The molecule has 0 bridgehead atoms. The van der Waals surface area contributed by atoms with Crippen LogP contribution in [-0.4, -0.2) is 18.3 Å². The van der Waals surface area contributed by atoms with Crippen LogP contribution in [0.5, 0.6) is 0 Å². The Balaban J connectivity index is 2.11. The lowest BCUT2D eigenvalue weighted by Crippen LogP contribution is -2.40. The molecule has 2 rings (SSSR count). The third-order valence-electron chi connectivity index (χ3n) is 3.74. The molecular weight excluding hydrogens is 240 g/mol. The van der Waals surface area contributed by atoms with Crippen molar-refractivity contribution in [3.8, 4) is 0 Å². The standard InChI is InChI=1S/C14H21N2OSi/c1-14(2,3)18(4,5)17-10-13-15-11-8-6-7-9-12(11)16-13/h6-8H,10H2,1-5H3,(H,15,16). The first kappa shape index (κ1) is 13.3. The van der Waals surface area contributed by atoms with Gasteiger partial charge in [0.25, 0.3) is 0 Å². The molecule has 0 saturated heterocycles. The van der Waals surface area contributed by atoms with Gasteiger partial charge in [-0.1, -0.05) is 32.9 Å². The summed E-state index contributed by atoms with van der Waals surface area (Å²) in [7, 11) is -1.71. The lowest BCUT2D eigenvalue weighted by atomic mass is 10.2. The van der Waals surface area contributed by atoms with Crippen molar-refractivity contribution >= 4 is 19.4 Å². The van der Waals surface area contributed by atoms with Crippen LogP contribution in [0.1, 0.15) is 26.6 Å². The second-order valence-electron chi connectivity index (χ2n) is 6.16. The van der Waals surface area contributed by atoms with Gasteiger partial charge in [-0.2, -0.15) is 0 Å². The first-order chi connectivity index (χ1) is 8.29. The monoisotopic (exact) mass is 261 g/mol. The molecule has 0 fully saturated rings. The lowest BCUT2D eigenvalue weighted by molar-refractivity contribution is 0.269. The summed E-state index contributed by atoms with van der Waals surface area (Å²) in [6.45, 7) is 11.8. The molecule has 1 N–H and O–H groups in total. The summed E-state index contributed by atoms with van der Waals surface area (Å²) in [5.41, 5.74) is 1.90. The van der Waals surface area contributed by atoms with E-state index < -0.39 is 8.32 Å². The molecule has 3 nitrogen and oxygen atoms in total. The van der Waals surface area contributed by atoms with Crippen molar-refractivity contribution in [2.75, 3.05) is 0 Å². The van der Waals surface area contributed by atoms with Gasteiger partial charge in [0.2, 0.25) is 0 Å². The van der Waals surface area contributed by atoms with E-state index in [4.69, 9.17) is 4.43 Å². The van der Waals surface area contributed by atoms with Crippen molar-refractivity contribution in [2.45, 2.75) is 45.5 Å². The number of aromatic nitrogens is 2. The number of fused-ring (bicyclic) bond motifs is 1. The summed E-state index contributed by atoms with van der Waals surface area (Å²) >= 11 is 0. The van der Waals surface area contributed by atoms with Gasteiger partial charge >= 0.3 is 0 Å². The van der Waals surface area contributed by atoms with Crippen LogP contribution in [0.3, 0.4) is 0 Å². The highest BCUT2D eigenvalue weighted by Gasteiger charge is 2.37. The summed E-state index contributed by atoms with van der Waals surface area (Å²) < 4.78 is 6.14. The molecule has 0 aliphatic carbocycles. The summed E-state index contributed by atoms with van der Waals surface area (Å²) in [5, 5.41) is 0.227. The number of benzene rings is 1. The fourth-order valence-corrected chi connectivity index (χ4v) is 2.40. The normalized spacial score (nSPS) is 13.2. The van der Waals surface area contributed by atoms with Gasteiger partial charge < -0.3 is 9.41 Å². The number of nitrogens with one attached hydrogen (secondary N) is 1. The molecule has 0 aliphatic rings. The Morgan fingerprint density at radius 1 is 1.39 bits per heavy atom. The van der Waals surface area contributed by atoms with Crippen molar-refractivity contribution < 1.29 is 4.43 Å². The fraction of sp³-hybridized carbons (Fsp3) is 0.500. The van der Waals surface area contributed by atoms with E-state index in [2.05, 4.69) is 49.9 Å². The van der Waals surface area contributed by atoms with E-state index in [0.717, 1.165) is 16.9 Å². The van der Waals surface area contributed by atoms with Crippen LogP contribution in [0.25, 0.3) is 11.0 Å². The van der Waals surface area contributed by atoms with Crippen molar-refractivity contribution in [3.05, 3.63) is 30.1 Å². The maximum absolute atomic E-state index is 6.14. The number of imidazole rings is 1. The van der Waals surface area contributed by atoms with Crippen LogP contribution < -0.4 is 0 Å². The number of hydrogen-bond donors (Lipinski definition) is 1. The van der Waals surface area contributed by atoms with Gasteiger partial charge in [-0.15, -0.1) is 0 Å². The molecule has 0 unspecified atom stereocenters. The second-order valence-corrected chi connectivity index (χ2v) is 11.0. The molecule has 4 heteroatoms. The molecule has 2 aromatic rings. The number of nitrogens with zero attached hydrogens (tertiary/aromatic N) is 1. The van der Waals surface area contributed by atoms with Gasteiger partial charge in [0.15, 0.2) is 8.32 Å². The predicted octanol–water partition coefficient (Wildman–Crippen LogP) is 3.88. The molecule has 0 amide bonds. The minimum atomic E-state index is -1.71. The maximum Gasteiger partial charge on any atom is 0.192 e. The molecule has 97 valence electrons. The third kappa shape index (κ3) is 2.65. The van der Waals surface area contributed by atoms with Gasteiger partial charge in [0.1, 0.15) is 5.82 Å². The summed E-state index contributed by atoms with van der Waals surface area (Å²) in [6.07, 6.45) is 0. The maximum atomic E-state index is 6.14. The Morgan fingerprint density at radius 3 is 2.72 bits per heavy atom. The number of H-pyrrole nitrogens is 1. The first-order valence-corrected chi connectivity index (χ1v) is 9.20. The van der Waals surface area contributed by atoms with Gasteiger partial charge in [-0.25, -0.2) is 4.98 Å². The summed E-state index contributed by atoms with van der Waals surface area (Å²) in [6, 6.07) is 8.95. The van der Waals surface area contributed by atoms with Gasteiger partial charge in [-0.3, -0.25) is 0 Å². The van der Waals surface area contributed by atoms with Crippen molar-refractivity contribution in [1.29, 1.82) is 0 Å². The minimum absolute atomic E-state index is 0.227. The van der Waals surface area contributed by atoms with E-state index in [0.29, 0.717) is 6.61 Å². The molecule has 1 radical (unpaired) electrons. The Hall–Kier alpha value is -1.13. The quantitative estimate of drug-likeness (QED) is 0.851. The number of aromatic amines is 1. The molecule has 0 aliphatic heterocycles. The zero-order valence-electron chi connectivity index (χ0n) is 11.8. The van der Waals surface area contributed by atoms with E-state index in [9.17, 15) is 0 Å². The number of rotatable bonds is 3. The Morgan fingerprint density at radius 2 is 2.11 bits per heavy atom. The zero-order chi connectivity index (χ0) is 13.4. The highest BCUT2D eigenvalue weighted by molar-refractivity contribution is 6.74. The van der Waals surface area contributed by atoms with Crippen LogP contribution in [0.15, 0.2) is 18.2 Å². The topological polar surface area (TPSA) is 37.9 Å². The molecule has 18 heavy (non-hydrogen) atoms. The van der Waals surface area contributed by atoms with Gasteiger partial charge in [-0.05, 0) is 24.2 Å². The van der Waals surface area contributed by atoms with E-state index in [1.54, 1.807) is 0 Å². The molecule has 1 aromatic heterocycles. The van der Waals surface area contributed by atoms with Crippen molar-refractivity contribution in [2.24, 2.45) is 0 Å². The Kier molecular flexibility index (Phi) is 3.34. The van der Waals surface area contributed by atoms with Crippen LogP contribution in [0, 0.1) is 6.07 Å². The molecule has 0 atom stereocenters. The van der Waals surface area contributed by atoms with E-state index in [1.807, 2.05) is 18.2 Å². The minimum Gasteiger partial charge on any atom is -0.409 e. The highest BCUT2D eigenvalue weighted by Crippen LogP contribution is 2.36. The average molecular weight is 261 g/mol. The molecule has 1 heterocycles. The van der Waals surface area contributed by atoms with Gasteiger partial charge in [0.05, 0.1) is 17.6 Å². The van der Waals surface area contributed by atoms with Crippen molar-refractivity contribution in [3.63, 3.8) is 0 Å². The van der Waals surface area contributed by atoms with Crippen LogP contribution in [0.2, 0.25) is 18.1 Å². The third-order valence-corrected chi connectivity index (χ3v) is 8.21. The Bertz CT molecular complexity index is 507. The van der Waals surface area contributed by atoms with Crippen LogP contribution >= 0.6 is 0 Å². The summed E-state index contributed by atoms with van der Waals surface area (Å²) in [4.78, 5) is 7.76. The van der Waals surface area contributed by atoms with E-state index in [1.165, 1.54) is 0 Å². The molecule has 0 saturated carbocycles. The summed E-state index contributed by atoms with van der Waals surface area (Å²) in [5.74, 6) is 0.886. The largest absolute Gasteiger partial charge is 0.409 e. The first-order valence-electron chi connectivity index (χ1n) is 6.29. The van der Waals surface area contributed by atoms with Crippen LogP contribution in [0.4, 0.5) is 0 Å². The van der Waals surface area contributed by atoms with Gasteiger partial charge in [0, 0.05) is 6.07 Å². The number of hydrogen-bond acceptors (Lipinski definition) is 2. The second kappa shape index (κ2) is 4.52. The Labute approximate surface area is 110 Å². The number of para-hydroxylation sites is 1. The lowest BCUT2D eigenvalue weighted by Gasteiger charge is -2.35. The zero-order valence-corrected chi connectivity index (χ0v) is 12.8. The highest BCUT2D eigenvalue weighted by atomic mass is 28.4.